The first-order valence-corrected chi connectivity index (χ1v) is 15.2. The third-order valence-corrected chi connectivity index (χ3v) is 8.21. The summed E-state index contributed by atoms with van der Waals surface area (Å²) in [5.41, 5.74) is 8.41. The second-order valence-corrected chi connectivity index (χ2v) is 11.3. The first-order valence-electron chi connectivity index (χ1n) is 14.4. The van der Waals surface area contributed by atoms with Crippen LogP contribution in [-0.2, 0) is 30.7 Å². The fourth-order valence-electron chi connectivity index (χ4n) is 4.72. The highest BCUT2D eigenvalue weighted by Crippen LogP contribution is 2.38. The summed E-state index contributed by atoms with van der Waals surface area (Å²) >= 11 is 1.40. The molecule has 1 heterocycles. The van der Waals surface area contributed by atoms with E-state index in [-0.39, 0.29) is 5.91 Å². The van der Waals surface area contributed by atoms with E-state index in [0.717, 1.165) is 46.7 Å². The zero-order chi connectivity index (χ0) is 29.5. The number of allylic oxidation sites excluding steroid dienone is 1. The molecular formula is C37H36N2O2S. The first kappa shape index (κ1) is 29.2. The van der Waals surface area contributed by atoms with Gasteiger partial charge in [0.15, 0.2) is 5.17 Å². The summed E-state index contributed by atoms with van der Waals surface area (Å²) < 4.78 is 6.19. The number of ether oxygens (including phenoxy) is 1. The van der Waals surface area contributed by atoms with Gasteiger partial charge in [0.1, 0.15) is 12.4 Å². The summed E-state index contributed by atoms with van der Waals surface area (Å²) in [6.07, 6.45) is 6.39. The number of thioether (sulfide) groups is 1. The third-order valence-electron chi connectivity index (χ3n) is 7.24. The number of hydrogen-bond acceptors (Lipinski definition) is 4. The number of anilines is 1. The minimum atomic E-state index is -0.0851. The van der Waals surface area contributed by atoms with Crippen LogP contribution in [0.5, 0.6) is 5.75 Å². The predicted molar refractivity (Wildman–Crippen MR) is 178 cm³/mol. The van der Waals surface area contributed by atoms with Crippen LogP contribution < -0.4 is 9.64 Å². The number of nitrogens with zero attached hydrogens (tertiary/aromatic N) is 2. The van der Waals surface area contributed by atoms with E-state index < -0.39 is 0 Å². The van der Waals surface area contributed by atoms with Crippen LogP contribution in [0.2, 0.25) is 0 Å². The molecule has 0 aromatic heterocycles. The van der Waals surface area contributed by atoms with Crippen molar-refractivity contribution in [1.82, 2.24) is 0 Å². The molecule has 5 heteroatoms. The van der Waals surface area contributed by atoms with Gasteiger partial charge in [-0.15, -0.1) is 6.58 Å². The summed E-state index contributed by atoms with van der Waals surface area (Å²) in [5, 5.41) is 0.643. The van der Waals surface area contributed by atoms with Crippen molar-refractivity contribution in [1.29, 1.82) is 0 Å². The van der Waals surface area contributed by atoms with Crippen molar-refractivity contribution >= 4 is 40.3 Å². The molecule has 0 bridgehead atoms. The molecule has 0 N–H and O–H groups in total. The lowest BCUT2D eigenvalue weighted by Gasteiger charge is -2.16. The topological polar surface area (TPSA) is 41.9 Å². The van der Waals surface area contributed by atoms with Crippen molar-refractivity contribution in [2.45, 2.75) is 46.6 Å². The van der Waals surface area contributed by atoms with Crippen LogP contribution in [0.4, 0.5) is 11.4 Å². The highest BCUT2D eigenvalue weighted by molar-refractivity contribution is 8.19. The number of rotatable bonds is 10. The molecule has 0 aliphatic carbocycles. The molecule has 1 amide bonds. The molecule has 0 radical (unpaired) electrons. The summed E-state index contributed by atoms with van der Waals surface area (Å²) in [7, 11) is 0. The standard InChI is InChI=1S/C37H36N2O2S/c1-5-8-31-23-30(17-22-34(31)41-25-29-11-9-26(4)10-12-29)24-35-36(40)39(33-20-15-28(7-3)16-21-33)37(42-35)38-32-18-13-27(6-2)14-19-32/h5,9-24H,1,6-8,25H2,2-4H3/b35-24-,38-37?. The van der Waals surface area contributed by atoms with E-state index in [1.807, 2.05) is 48.6 Å². The van der Waals surface area contributed by atoms with Crippen LogP contribution in [0.1, 0.15) is 47.2 Å². The molecule has 0 spiro atoms. The molecule has 4 aromatic rings. The number of aliphatic imine (C=N–C) groups is 1. The Morgan fingerprint density at radius 2 is 1.50 bits per heavy atom. The highest BCUT2D eigenvalue weighted by Gasteiger charge is 2.34. The predicted octanol–water partition coefficient (Wildman–Crippen LogP) is 9.24. The zero-order valence-corrected chi connectivity index (χ0v) is 25.3. The summed E-state index contributed by atoms with van der Waals surface area (Å²) in [6, 6.07) is 30.7. The van der Waals surface area contributed by atoms with Crippen molar-refractivity contribution in [3.05, 3.63) is 142 Å². The Balaban J connectivity index is 1.45. The second kappa shape index (κ2) is 13.5. The number of aryl methyl sites for hydroxylation is 3. The van der Waals surface area contributed by atoms with Gasteiger partial charge in [-0.05, 0) is 108 Å². The van der Waals surface area contributed by atoms with Gasteiger partial charge in [0.2, 0.25) is 0 Å². The Labute approximate surface area is 253 Å². The van der Waals surface area contributed by atoms with Crippen molar-refractivity contribution in [2.24, 2.45) is 4.99 Å². The van der Waals surface area contributed by atoms with E-state index in [1.165, 1.54) is 28.5 Å². The molecule has 1 aliphatic rings. The van der Waals surface area contributed by atoms with Gasteiger partial charge in [-0.2, -0.15) is 0 Å². The number of carbonyl (C=O) groups is 1. The van der Waals surface area contributed by atoms with Gasteiger partial charge in [0.25, 0.3) is 5.91 Å². The molecule has 4 aromatic carbocycles. The molecule has 4 nitrogen and oxygen atoms in total. The van der Waals surface area contributed by atoms with Crippen molar-refractivity contribution in [2.75, 3.05) is 4.90 Å². The van der Waals surface area contributed by atoms with Crippen LogP contribution in [-0.4, -0.2) is 11.1 Å². The maximum atomic E-state index is 13.8. The average Bonchev–Trinajstić information content (AvgIpc) is 3.31. The SMILES string of the molecule is C=CCc1cc(/C=C2\SC(=Nc3ccc(CC)cc3)N(c3ccc(CC)cc3)C2=O)ccc1OCc1ccc(C)cc1. The van der Waals surface area contributed by atoms with Crippen LogP contribution >= 0.6 is 11.8 Å². The van der Waals surface area contributed by atoms with Gasteiger partial charge >= 0.3 is 0 Å². The Morgan fingerprint density at radius 3 is 2.14 bits per heavy atom. The van der Waals surface area contributed by atoms with Crippen molar-refractivity contribution in [3.63, 3.8) is 0 Å². The van der Waals surface area contributed by atoms with Crippen LogP contribution in [0.25, 0.3) is 6.08 Å². The molecule has 1 fully saturated rings. The fourth-order valence-corrected chi connectivity index (χ4v) is 5.72. The van der Waals surface area contributed by atoms with Crippen molar-refractivity contribution < 1.29 is 9.53 Å². The van der Waals surface area contributed by atoms with Crippen LogP contribution in [0.15, 0.2) is 114 Å². The number of hydrogen-bond donors (Lipinski definition) is 0. The third kappa shape index (κ3) is 6.92. The largest absolute Gasteiger partial charge is 0.489 e. The lowest BCUT2D eigenvalue weighted by molar-refractivity contribution is -0.113. The second-order valence-electron chi connectivity index (χ2n) is 10.3. The summed E-state index contributed by atoms with van der Waals surface area (Å²) in [6.45, 7) is 10.8. The average molecular weight is 573 g/mol. The molecule has 1 saturated heterocycles. The quantitative estimate of drug-likeness (QED) is 0.140. The van der Waals surface area contributed by atoms with Gasteiger partial charge < -0.3 is 4.74 Å². The number of amides is 1. The molecule has 0 atom stereocenters. The zero-order valence-electron chi connectivity index (χ0n) is 24.5. The monoisotopic (exact) mass is 572 g/mol. The van der Waals surface area contributed by atoms with Crippen molar-refractivity contribution in [3.8, 4) is 5.75 Å². The smallest absolute Gasteiger partial charge is 0.271 e. The summed E-state index contributed by atoms with van der Waals surface area (Å²) in [5.74, 6) is 0.733. The Hall–Kier alpha value is -4.35. The molecule has 0 unspecified atom stereocenters. The molecule has 0 saturated carbocycles. The van der Waals surface area contributed by atoms with E-state index in [1.54, 1.807) is 4.90 Å². The molecule has 5 rings (SSSR count). The molecule has 212 valence electrons. The Kier molecular flexibility index (Phi) is 9.40. The normalized spacial score (nSPS) is 15.0. The van der Waals surface area contributed by atoms with Gasteiger partial charge in [0, 0.05) is 0 Å². The Bertz CT molecular complexity index is 1620. The van der Waals surface area contributed by atoms with Gasteiger partial charge in [-0.3, -0.25) is 9.69 Å². The minimum absolute atomic E-state index is 0.0851. The Morgan fingerprint density at radius 1 is 0.857 bits per heavy atom. The molecular weight excluding hydrogens is 536 g/mol. The van der Waals surface area contributed by atoms with Gasteiger partial charge in [-0.1, -0.05) is 80.1 Å². The molecule has 42 heavy (non-hydrogen) atoms. The maximum absolute atomic E-state index is 13.8. The number of benzene rings is 4. The van der Waals surface area contributed by atoms with E-state index in [9.17, 15) is 4.79 Å². The van der Waals surface area contributed by atoms with Gasteiger partial charge in [0.05, 0.1) is 16.3 Å². The van der Waals surface area contributed by atoms with Crippen LogP contribution in [0.3, 0.4) is 0 Å². The minimum Gasteiger partial charge on any atom is -0.489 e. The molecule has 1 aliphatic heterocycles. The lowest BCUT2D eigenvalue weighted by atomic mass is 10.1. The van der Waals surface area contributed by atoms with E-state index in [2.05, 4.69) is 81.9 Å². The first-order chi connectivity index (χ1) is 20.5. The van der Waals surface area contributed by atoms with Crippen LogP contribution in [0, 0.1) is 6.92 Å². The fraction of sp³-hybridized carbons (Fsp3) is 0.189. The summed E-state index contributed by atoms with van der Waals surface area (Å²) in [4.78, 5) is 21.1. The van der Waals surface area contributed by atoms with E-state index in [0.29, 0.717) is 23.1 Å². The number of carbonyl (C=O) groups excluding carboxylic acids is 1. The van der Waals surface area contributed by atoms with E-state index >= 15 is 0 Å². The maximum Gasteiger partial charge on any atom is 0.271 e. The number of amidine groups is 1. The van der Waals surface area contributed by atoms with Gasteiger partial charge in [-0.25, -0.2) is 4.99 Å². The highest BCUT2D eigenvalue weighted by atomic mass is 32.2. The lowest BCUT2D eigenvalue weighted by Crippen LogP contribution is -2.28. The van der Waals surface area contributed by atoms with E-state index in [4.69, 9.17) is 9.73 Å².